The highest BCUT2D eigenvalue weighted by Crippen LogP contribution is 2.34. The molecular weight excluding hydrogens is 543 g/mol. The first-order chi connectivity index (χ1) is 17.9. The fourth-order valence-corrected chi connectivity index (χ4v) is 7.03. The standard InChI is InChI=1S/C27H42N9P3/c1-16-19(13-34-31-28-22(37-34)25(4,5)6)17(2)21(15-36-33-30-24(39-36)27(10,11)12)18(3)20(16)14-35-32-29-23(38-35)26(7,8)9/h13-15H2,1-12H3. The van der Waals surface area contributed by atoms with Gasteiger partial charge in [-0.2, -0.15) is 0 Å². The lowest BCUT2D eigenvalue weighted by molar-refractivity contribution is 0.570. The predicted molar refractivity (Wildman–Crippen MR) is 162 cm³/mol. The average Bonchev–Trinajstić information content (AvgIpc) is 3.56. The van der Waals surface area contributed by atoms with Gasteiger partial charge in [-0.25, -0.2) is 13.3 Å². The van der Waals surface area contributed by atoms with Crippen molar-refractivity contribution in [2.75, 3.05) is 0 Å². The fraction of sp³-hybridized carbons (Fsp3) is 0.667. The van der Waals surface area contributed by atoms with Crippen molar-refractivity contribution in [2.45, 2.75) is 119 Å². The molecule has 0 amide bonds. The molecule has 0 N–H and O–H groups in total. The van der Waals surface area contributed by atoms with E-state index >= 15 is 0 Å². The Kier molecular flexibility index (Phi) is 8.22. The minimum absolute atomic E-state index is 0.00429. The predicted octanol–water partition coefficient (Wildman–Crippen LogP) is 7.16. The first-order valence-corrected chi connectivity index (χ1v) is 15.9. The van der Waals surface area contributed by atoms with Gasteiger partial charge in [-0.15, -0.1) is 15.3 Å². The normalized spacial score (nSPS) is 13.5. The Labute approximate surface area is 237 Å². The third kappa shape index (κ3) is 6.64. The first kappa shape index (κ1) is 29.9. The Balaban J connectivity index is 1.80. The summed E-state index contributed by atoms with van der Waals surface area (Å²) in [5.74, 6) is 0. The van der Waals surface area contributed by atoms with Crippen LogP contribution in [0.5, 0.6) is 0 Å². The number of benzene rings is 1. The van der Waals surface area contributed by atoms with Gasteiger partial charge in [-0.1, -0.05) is 78.0 Å². The summed E-state index contributed by atoms with van der Waals surface area (Å²) in [5.41, 5.74) is 11.0. The average molecular weight is 586 g/mol. The van der Waals surface area contributed by atoms with Crippen LogP contribution < -0.4 is 0 Å². The number of hydrogen-bond acceptors (Lipinski definition) is 6. The minimum Gasteiger partial charge on any atom is -0.222 e. The van der Waals surface area contributed by atoms with E-state index in [-0.39, 0.29) is 16.2 Å². The lowest BCUT2D eigenvalue weighted by Gasteiger charge is -2.22. The van der Waals surface area contributed by atoms with Crippen LogP contribution in [0.3, 0.4) is 0 Å². The lowest BCUT2D eigenvalue weighted by Crippen LogP contribution is -2.14. The van der Waals surface area contributed by atoms with E-state index < -0.39 is 0 Å². The minimum atomic E-state index is -0.00429. The van der Waals surface area contributed by atoms with Gasteiger partial charge in [0.2, 0.25) is 0 Å². The number of rotatable bonds is 6. The fourth-order valence-electron chi connectivity index (χ4n) is 4.36. The van der Waals surface area contributed by atoms with Gasteiger partial charge >= 0.3 is 0 Å². The quantitative estimate of drug-likeness (QED) is 0.238. The topological polar surface area (TPSA) is 92.1 Å². The molecule has 0 fully saturated rings. The summed E-state index contributed by atoms with van der Waals surface area (Å²) in [6.45, 7) is 28.6. The van der Waals surface area contributed by atoms with Gasteiger partial charge in [0.15, 0.2) is 0 Å². The lowest BCUT2D eigenvalue weighted by atomic mass is 9.88. The third-order valence-corrected chi connectivity index (χ3v) is 11.2. The van der Waals surface area contributed by atoms with Crippen molar-refractivity contribution in [3.63, 3.8) is 0 Å². The van der Waals surface area contributed by atoms with Crippen LogP contribution in [-0.4, -0.2) is 44.3 Å². The van der Waals surface area contributed by atoms with Crippen LogP contribution in [0.4, 0.5) is 0 Å². The van der Waals surface area contributed by atoms with Gasteiger partial charge < -0.3 is 0 Å². The van der Waals surface area contributed by atoms with Gasteiger partial charge in [-0.05, 0) is 54.2 Å². The van der Waals surface area contributed by atoms with E-state index in [0.29, 0.717) is 19.6 Å². The maximum absolute atomic E-state index is 4.54. The van der Waals surface area contributed by atoms with Crippen LogP contribution >= 0.6 is 25.1 Å². The number of nitrogens with zero attached hydrogens (tertiary/aromatic N) is 9. The van der Waals surface area contributed by atoms with E-state index in [1.807, 2.05) is 0 Å². The molecular formula is C27H42N9P3. The highest BCUT2D eigenvalue weighted by molar-refractivity contribution is 7.27. The molecule has 0 aliphatic carbocycles. The molecule has 210 valence electrons. The molecule has 9 nitrogen and oxygen atoms in total. The Bertz CT molecular complexity index is 1280. The van der Waals surface area contributed by atoms with Crippen molar-refractivity contribution in [2.24, 2.45) is 0 Å². The third-order valence-electron chi connectivity index (χ3n) is 6.99. The van der Waals surface area contributed by atoms with Crippen molar-refractivity contribution in [3.05, 3.63) is 49.7 Å². The Morgan fingerprint density at radius 3 is 0.872 bits per heavy atom. The summed E-state index contributed by atoms with van der Waals surface area (Å²) in [7, 11) is 3.15. The summed E-state index contributed by atoms with van der Waals surface area (Å²) in [6, 6.07) is 0. The molecule has 3 aromatic heterocycles. The van der Waals surface area contributed by atoms with Crippen LogP contribution in [0.15, 0.2) is 0 Å². The Morgan fingerprint density at radius 1 is 0.462 bits per heavy atom. The molecule has 4 rings (SSSR count). The van der Waals surface area contributed by atoms with Gasteiger partial charge in [0.05, 0.1) is 44.7 Å². The largest absolute Gasteiger partial charge is 0.222 e. The molecule has 0 spiro atoms. The second-order valence-electron chi connectivity index (χ2n) is 13.5. The smallest absolute Gasteiger partial charge is 0.115 e. The zero-order valence-corrected chi connectivity index (χ0v) is 28.2. The molecule has 0 atom stereocenters. The Morgan fingerprint density at radius 2 is 0.692 bits per heavy atom. The van der Waals surface area contributed by atoms with Gasteiger partial charge in [0.1, 0.15) is 16.3 Å². The summed E-state index contributed by atoms with van der Waals surface area (Å²) >= 11 is 0. The highest BCUT2D eigenvalue weighted by Gasteiger charge is 2.24. The van der Waals surface area contributed by atoms with Gasteiger partial charge in [0, 0.05) is 16.2 Å². The van der Waals surface area contributed by atoms with E-state index in [0.717, 1.165) is 41.3 Å². The number of aromatic nitrogens is 9. The van der Waals surface area contributed by atoms with Crippen LogP contribution in [0.2, 0.25) is 0 Å². The Hall–Kier alpha value is -2.07. The molecule has 1 aromatic carbocycles. The molecule has 3 heterocycles. The number of hydrogen-bond donors (Lipinski definition) is 0. The highest BCUT2D eigenvalue weighted by atomic mass is 31.1. The van der Waals surface area contributed by atoms with E-state index in [9.17, 15) is 0 Å². The molecule has 12 heteroatoms. The van der Waals surface area contributed by atoms with Crippen molar-refractivity contribution >= 4 is 25.1 Å². The molecule has 0 saturated heterocycles. The molecule has 0 aliphatic heterocycles. The summed E-state index contributed by atoms with van der Waals surface area (Å²) in [4.78, 5) is 0. The van der Waals surface area contributed by atoms with Crippen LogP contribution in [0, 0.1) is 20.8 Å². The molecule has 0 radical (unpaired) electrons. The van der Waals surface area contributed by atoms with E-state index in [1.54, 1.807) is 0 Å². The van der Waals surface area contributed by atoms with Crippen molar-refractivity contribution < 1.29 is 0 Å². The van der Waals surface area contributed by atoms with E-state index in [4.69, 9.17) is 0 Å². The second kappa shape index (κ2) is 10.7. The second-order valence-corrected chi connectivity index (χ2v) is 16.7. The van der Waals surface area contributed by atoms with Crippen molar-refractivity contribution in [1.82, 2.24) is 44.3 Å². The van der Waals surface area contributed by atoms with Crippen molar-refractivity contribution in [3.8, 4) is 0 Å². The molecule has 4 aromatic rings. The maximum atomic E-state index is 4.54. The van der Waals surface area contributed by atoms with Crippen LogP contribution in [-0.2, 0) is 35.9 Å². The van der Waals surface area contributed by atoms with Gasteiger partial charge in [-0.3, -0.25) is 0 Å². The molecule has 39 heavy (non-hydrogen) atoms. The maximum Gasteiger partial charge on any atom is 0.115 e. The van der Waals surface area contributed by atoms with Crippen LogP contribution in [0.25, 0.3) is 0 Å². The summed E-state index contributed by atoms with van der Waals surface area (Å²) in [6.07, 6.45) is 0. The monoisotopic (exact) mass is 585 g/mol. The molecule has 0 bridgehead atoms. The zero-order valence-electron chi connectivity index (χ0n) is 25.5. The van der Waals surface area contributed by atoms with E-state index in [2.05, 4.69) is 127 Å². The van der Waals surface area contributed by atoms with Gasteiger partial charge in [0.25, 0.3) is 0 Å². The zero-order chi connectivity index (χ0) is 28.9. The van der Waals surface area contributed by atoms with Crippen LogP contribution in [0.1, 0.15) is 112 Å². The molecule has 0 unspecified atom stereocenters. The first-order valence-electron chi connectivity index (χ1n) is 13.4. The molecule has 0 aliphatic rings. The molecule has 0 saturated carbocycles. The van der Waals surface area contributed by atoms with E-state index in [1.165, 1.54) is 33.4 Å². The van der Waals surface area contributed by atoms with Crippen molar-refractivity contribution in [1.29, 1.82) is 0 Å². The summed E-state index contributed by atoms with van der Waals surface area (Å²) in [5, 5.41) is 27.1. The summed E-state index contributed by atoms with van der Waals surface area (Å²) < 4.78 is 6.20. The SMILES string of the molecule is Cc1c(Cn2nnc(C(C)(C)C)p2)c(C)c(Cn2nnc(C(C)(C)C)p2)c(C)c1Cn1nnc(C(C)(C)C)p1.